The normalized spacial score (nSPS) is 9.89. The largest absolute Gasteiger partial charge is 0.415 e. The van der Waals surface area contributed by atoms with Crippen molar-refractivity contribution in [2.45, 2.75) is 20.3 Å². The zero-order valence-electron chi connectivity index (χ0n) is 11.0. The fourth-order valence-electron chi connectivity index (χ4n) is 1.57. The summed E-state index contributed by atoms with van der Waals surface area (Å²) in [4.78, 5) is 13.0. The fourth-order valence-corrected chi connectivity index (χ4v) is 1.57. The monoisotopic (exact) mass is 269 g/mol. The van der Waals surface area contributed by atoms with Gasteiger partial charge in [-0.25, -0.2) is 4.79 Å². The van der Waals surface area contributed by atoms with Gasteiger partial charge in [-0.05, 0) is 19.4 Å². The van der Waals surface area contributed by atoms with Crippen LogP contribution in [-0.4, -0.2) is 24.1 Å². The van der Waals surface area contributed by atoms with Crippen molar-refractivity contribution in [3.05, 3.63) is 47.7 Å². The summed E-state index contributed by atoms with van der Waals surface area (Å²) in [6.07, 6.45) is -2.82. The number of amides is 1. The van der Waals surface area contributed by atoms with Gasteiger partial charge in [0.2, 0.25) is 0 Å². The Morgan fingerprint density at radius 2 is 1.74 bits per heavy atom. The standard InChI is InChI=1S/C14H17F2NO2/c1-3-17(4-2)14(18)19-12(13(15)16)10-11-8-6-5-7-9-11/h5-9H,3-4,10H2,1-2H3. The van der Waals surface area contributed by atoms with Crippen LogP contribution in [-0.2, 0) is 11.2 Å². The van der Waals surface area contributed by atoms with Crippen molar-refractivity contribution in [2.24, 2.45) is 0 Å². The van der Waals surface area contributed by atoms with Crippen LogP contribution in [0.2, 0.25) is 0 Å². The molecule has 1 rings (SSSR count). The van der Waals surface area contributed by atoms with E-state index in [1.807, 2.05) is 0 Å². The molecule has 3 nitrogen and oxygen atoms in total. The van der Waals surface area contributed by atoms with E-state index in [-0.39, 0.29) is 6.42 Å². The number of ether oxygens (including phenoxy) is 1. The van der Waals surface area contributed by atoms with Crippen molar-refractivity contribution in [3.8, 4) is 0 Å². The van der Waals surface area contributed by atoms with Crippen LogP contribution in [0.25, 0.3) is 0 Å². The van der Waals surface area contributed by atoms with Gasteiger partial charge in [0, 0.05) is 19.5 Å². The van der Waals surface area contributed by atoms with Gasteiger partial charge in [-0.2, -0.15) is 8.78 Å². The number of nitrogens with zero attached hydrogens (tertiary/aromatic N) is 1. The van der Waals surface area contributed by atoms with Crippen LogP contribution in [0.3, 0.4) is 0 Å². The lowest BCUT2D eigenvalue weighted by Crippen LogP contribution is -2.31. The Labute approximate surface area is 111 Å². The van der Waals surface area contributed by atoms with Crippen molar-refractivity contribution in [2.75, 3.05) is 13.1 Å². The van der Waals surface area contributed by atoms with Crippen molar-refractivity contribution >= 4 is 6.09 Å². The number of halogens is 2. The van der Waals surface area contributed by atoms with E-state index in [1.165, 1.54) is 4.90 Å². The van der Waals surface area contributed by atoms with Gasteiger partial charge < -0.3 is 9.64 Å². The smallest absolute Gasteiger partial charge is 0.409 e. The predicted molar refractivity (Wildman–Crippen MR) is 68.8 cm³/mol. The quantitative estimate of drug-likeness (QED) is 0.760. The summed E-state index contributed by atoms with van der Waals surface area (Å²) in [5.41, 5.74) is 0.664. The summed E-state index contributed by atoms with van der Waals surface area (Å²) in [5.74, 6) is -0.594. The maximum absolute atomic E-state index is 12.8. The number of rotatable bonds is 5. The second-order valence-corrected chi connectivity index (χ2v) is 3.89. The molecule has 1 aromatic rings. The summed E-state index contributed by atoms with van der Waals surface area (Å²) in [6.45, 7) is 4.36. The number of carbonyl (C=O) groups excluding carboxylic acids is 1. The molecule has 5 heteroatoms. The minimum Gasteiger partial charge on any atom is -0.409 e. The molecule has 0 bridgehead atoms. The highest BCUT2D eigenvalue weighted by molar-refractivity contribution is 5.68. The van der Waals surface area contributed by atoms with Crippen LogP contribution in [0.15, 0.2) is 42.2 Å². The molecule has 0 aliphatic carbocycles. The van der Waals surface area contributed by atoms with E-state index in [4.69, 9.17) is 4.74 Å². The molecular formula is C14H17F2NO2. The van der Waals surface area contributed by atoms with Crippen LogP contribution >= 0.6 is 0 Å². The van der Waals surface area contributed by atoms with Gasteiger partial charge in [-0.1, -0.05) is 30.3 Å². The van der Waals surface area contributed by atoms with Crippen molar-refractivity contribution in [3.63, 3.8) is 0 Å². The molecule has 0 aliphatic heterocycles. The lowest BCUT2D eigenvalue weighted by atomic mass is 10.1. The molecule has 0 heterocycles. The average Bonchev–Trinajstić information content (AvgIpc) is 2.40. The minimum atomic E-state index is -1.97. The Hall–Kier alpha value is -1.91. The van der Waals surface area contributed by atoms with Gasteiger partial charge in [0.05, 0.1) is 0 Å². The lowest BCUT2D eigenvalue weighted by Gasteiger charge is -2.18. The molecule has 0 N–H and O–H groups in total. The second-order valence-electron chi connectivity index (χ2n) is 3.89. The van der Waals surface area contributed by atoms with Crippen molar-refractivity contribution in [1.29, 1.82) is 0 Å². The topological polar surface area (TPSA) is 29.5 Å². The number of hydrogen-bond acceptors (Lipinski definition) is 2. The zero-order valence-corrected chi connectivity index (χ0v) is 11.0. The van der Waals surface area contributed by atoms with Gasteiger partial charge >= 0.3 is 12.2 Å². The van der Waals surface area contributed by atoms with Crippen LogP contribution in [0.1, 0.15) is 19.4 Å². The van der Waals surface area contributed by atoms with E-state index < -0.39 is 17.9 Å². The van der Waals surface area contributed by atoms with E-state index in [2.05, 4.69) is 0 Å². The first-order chi connectivity index (χ1) is 9.08. The third-order valence-corrected chi connectivity index (χ3v) is 2.65. The Bertz CT molecular complexity index is 438. The Balaban J connectivity index is 2.76. The number of allylic oxidation sites excluding steroid dienone is 1. The molecule has 0 radical (unpaired) electrons. The molecule has 104 valence electrons. The summed E-state index contributed by atoms with van der Waals surface area (Å²) in [6, 6.07) is 8.69. The van der Waals surface area contributed by atoms with Gasteiger partial charge in [0.15, 0.2) is 5.76 Å². The summed E-state index contributed by atoms with van der Waals surface area (Å²) < 4.78 is 30.4. The van der Waals surface area contributed by atoms with Crippen LogP contribution in [0.4, 0.5) is 13.6 Å². The first kappa shape index (κ1) is 15.1. The fraction of sp³-hybridized carbons (Fsp3) is 0.357. The van der Waals surface area contributed by atoms with E-state index in [9.17, 15) is 13.6 Å². The van der Waals surface area contributed by atoms with Gasteiger partial charge in [-0.3, -0.25) is 0 Å². The number of carbonyl (C=O) groups is 1. The SMILES string of the molecule is CCN(CC)C(=O)OC(Cc1ccccc1)=C(F)F. The molecule has 0 saturated heterocycles. The molecule has 0 spiro atoms. The molecule has 19 heavy (non-hydrogen) atoms. The highest BCUT2D eigenvalue weighted by Crippen LogP contribution is 2.17. The van der Waals surface area contributed by atoms with Crippen LogP contribution in [0.5, 0.6) is 0 Å². The average molecular weight is 269 g/mol. The van der Waals surface area contributed by atoms with Crippen LogP contribution < -0.4 is 0 Å². The Morgan fingerprint density at radius 3 is 2.21 bits per heavy atom. The van der Waals surface area contributed by atoms with E-state index in [0.29, 0.717) is 18.7 Å². The van der Waals surface area contributed by atoms with E-state index in [0.717, 1.165) is 0 Å². The van der Waals surface area contributed by atoms with Gasteiger partial charge in [-0.15, -0.1) is 0 Å². The number of hydrogen-bond donors (Lipinski definition) is 0. The zero-order chi connectivity index (χ0) is 14.3. The van der Waals surface area contributed by atoms with Crippen LogP contribution in [0, 0.1) is 0 Å². The Kier molecular flexibility index (Phi) is 5.99. The predicted octanol–water partition coefficient (Wildman–Crippen LogP) is 3.82. The molecule has 1 amide bonds. The molecule has 0 atom stereocenters. The minimum absolute atomic E-state index is 0.101. The molecule has 0 saturated carbocycles. The molecular weight excluding hydrogens is 252 g/mol. The van der Waals surface area contributed by atoms with Crippen molar-refractivity contribution in [1.82, 2.24) is 4.90 Å². The van der Waals surface area contributed by atoms with E-state index in [1.54, 1.807) is 44.2 Å². The lowest BCUT2D eigenvalue weighted by molar-refractivity contribution is 0.124. The summed E-state index contributed by atoms with van der Waals surface area (Å²) >= 11 is 0. The van der Waals surface area contributed by atoms with Crippen molar-refractivity contribution < 1.29 is 18.3 Å². The summed E-state index contributed by atoms with van der Waals surface area (Å²) in [5, 5.41) is 0. The first-order valence-corrected chi connectivity index (χ1v) is 6.13. The Morgan fingerprint density at radius 1 is 1.16 bits per heavy atom. The second kappa shape index (κ2) is 7.51. The van der Waals surface area contributed by atoms with Gasteiger partial charge in [0.1, 0.15) is 0 Å². The third-order valence-electron chi connectivity index (χ3n) is 2.65. The van der Waals surface area contributed by atoms with E-state index >= 15 is 0 Å². The maximum Gasteiger partial charge on any atom is 0.415 e. The van der Waals surface area contributed by atoms with Gasteiger partial charge in [0.25, 0.3) is 0 Å². The third kappa shape index (κ3) is 4.69. The summed E-state index contributed by atoms with van der Waals surface area (Å²) in [7, 11) is 0. The number of benzene rings is 1. The molecule has 1 aromatic carbocycles. The first-order valence-electron chi connectivity index (χ1n) is 6.13. The highest BCUT2D eigenvalue weighted by Gasteiger charge is 2.17. The highest BCUT2D eigenvalue weighted by atomic mass is 19.3. The molecule has 0 aliphatic rings. The maximum atomic E-state index is 12.8. The molecule has 0 fully saturated rings. The molecule has 0 unspecified atom stereocenters. The molecule has 0 aromatic heterocycles.